The molecule has 0 fully saturated rings. The molecule has 0 aliphatic heterocycles. The fraction of sp³-hybridized carbons (Fsp3) is 0.455. The predicted molar refractivity (Wildman–Crippen MR) is 68.0 cm³/mol. The lowest BCUT2D eigenvalue weighted by Crippen LogP contribution is -2.30. The van der Waals surface area contributed by atoms with Crippen molar-refractivity contribution in [3.63, 3.8) is 0 Å². The summed E-state index contributed by atoms with van der Waals surface area (Å²) in [5, 5.41) is 0. The van der Waals surface area contributed by atoms with E-state index in [9.17, 15) is 8.42 Å². The Bertz CT molecular complexity index is 485. The van der Waals surface area contributed by atoms with Gasteiger partial charge in [-0.1, -0.05) is 6.07 Å². The third-order valence-electron chi connectivity index (χ3n) is 2.06. The summed E-state index contributed by atoms with van der Waals surface area (Å²) in [7, 11) is -2.13. The molecule has 1 aromatic rings. The second-order valence-electron chi connectivity index (χ2n) is 3.89. The zero-order valence-electron chi connectivity index (χ0n) is 10.0. The van der Waals surface area contributed by atoms with Crippen LogP contribution in [0.2, 0.25) is 0 Å². The Balaban J connectivity index is 3.27. The Morgan fingerprint density at radius 2 is 2.06 bits per heavy atom. The molecule has 0 heterocycles. The minimum atomic E-state index is -3.57. The van der Waals surface area contributed by atoms with E-state index in [2.05, 4.69) is 4.72 Å². The van der Waals surface area contributed by atoms with E-state index >= 15 is 0 Å². The average molecular weight is 278 g/mol. The van der Waals surface area contributed by atoms with Crippen LogP contribution in [-0.2, 0) is 15.9 Å². The van der Waals surface area contributed by atoms with Crippen LogP contribution in [0.25, 0.3) is 0 Å². The summed E-state index contributed by atoms with van der Waals surface area (Å²) in [6.45, 7) is 3.52. The Morgan fingerprint density at radius 3 is 2.53 bits per heavy atom. The van der Waals surface area contributed by atoms with E-state index in [0.29, 0.717) is 5.75 Å². The number of alkyl halides is 1. The Labute approximate surface area is 107 Å². The van der Waals surface area contributed by atoms with Gasteiger partial charge in [0.2, 0.25) is 10.0 Å². The lowest BCUT2D eigenvalue weighted by Gasteiger charge is -2.13. The Morgan fingerprint density at radius 1 is 1.41 bits per heavy atom. The monoisotopic (exact) mass is 277 g/mol. The zero-order chi connectivity index (χ0) is 13.1. The number of nitrogens with one attached hydrogen (secondary N) is 1. The van der Waals surface area contributed by atoms with Crippen molar-refractivity contribution in [3.8, 4) is 5.75 Å². The molecule has 0 amide bonds. The van der Waals surface area contributed by atoms with Crippen LogP contribution in [0, 0.1) is 0 Å². The van der Waals surface area contributed by atoms with Gasteiger partial charge in [-0.05, 0) is 31.5 Å². The van der Waals surface area contributed by atoms with Gasteiger partial charge in [0.1, 0.15) is 10.6 Å². The lowest BCUT2D eigenvalue weighted by atomic mass is 10.2. The maximum Gasteiger partial charge on any atom is 0.244 e. The van der Waals surface area contributed by atoms with Gasteiger partial charge < -0.3 is 4.74 Å². The highest BCUT2D eigenvalue weighted by molar-refractivity contribution is 7.89. The second kappa shape index (κ2) is 5.71. The molecule has 0 aliphatic rings. The molecular formula is C11H16ClNO3S. The van der Waals surface area contributed by atoms with Gasteiger partial charge in [0, 0.05) is 11.9 Å². The second-order valence-corrected chi connectivity index (χ2v) is 5.84. The molecule has 0 aromatic heterocycles. The van der Waals surface area contributed by atoms with E-state index in [4.69, 9.17) is 16.3 Å². The molecule has 1 N–H and O–H groups in total. The van der Waals surface area contributed by atoms with Gasteiger partial charge in [0.15, 0.2) is 0 Å². The van der Waals surface area contributed by atoms with Crippen LogP contribution < -0.4 is 9.46 Å². The number of ether oxygens (including phenoxy) is 1. The van der Waals surface area contributed by atoms with Gasteiger partial charge in [-0.15, -0.1) is 11.6 Å². The van der Waals surface area contributed by atoms with Crippen molar-refractivity contribution in [2.24, 2.45) is 0 Å². The first-order valence-corrected chi connectivity index (χ1v) is 7.17. The smallest absolute Gasteiger partial charge is 0.244 e. The number of benzene rings is 1. The van der Waals surface area contributed by atoms with Crippen LogP contribution in [0.5, 0.6) is 5.75 Å². The highest BCUT2D eigenvalue weighted by atomic mass is 35.5. The molecule has 0 unspecified atom stereocenters. The summed E-state index contributed by atoms with van der Waals surface area (Å²) in [6, 6.07) is 4.69. The molecule has 0 saturated heterocycles. The predicted octanol–water partition coefficient (Wildman–Crippen LogP) is 2.12. The molecule has 0 aliphatic carbocycles. The fourth-order valence-corrected chi connectivity index (χ4v) is 3.02. The minimum Gasteiger partial charge on any atom is -0.495 e. The highest BCUT2D eigenvalue weighted by Crippen LogP contribution is 2.25. The molecule has 0 atom stereocenters. The van der Waals surface area contributed by atoms with Crippen molar-refractivity contribution < 1.29 is 13.2 Å². The summed E-state index contributed by atoms with van der Waals surface area (Å²) in [6.07, 6.45) is 0. The van der Waals surface area contributed by atoms with E-state index in [1.165, 1.54) is 13.2 Å². The van der Waals surface area contributed by atoms with Crippen LogP contribution in [-0.4, -0.2) is 21.6 Å². The van der Waals surface area contributed by atoms with E-state index in [1.807, 2.05) is 0 Å². The van der Waals surface area contributed by atoms with E-state index in [-0.39, 0.29) is 16.8 Å². The lowest BCUT2D eigenvalue weighted by molar-refractivity contribution is 0.402. The number of methoxy groups -OCH3 is 1. The van der Waals surface area contributed by atoms with Gasteiger partial charge >= 0.3 is 0 Å². The molecule has 96 valence electrons. The van der Waals surface area contributed by atoms with Gasteiger partial charge in [-0.25, -0.2) is 13.1 Å². The fourth-order valence-electron chi connectivity index (χ4n) is 1.39. The van der Waals surface area contributed by atoms with Crippen molar-refractivity contribution in [3.05, 3.63) is 23.8 Å². The standard InChI is InChI=1S/C11H16ClNO3S/c1-8(2)13-17(14,15)11-6-9(7-12)4-5-10(11)16-3/h4-6,8,13H,7H2,1-3H3. The first kappa shape index (κ1) is 14.3. The summed E-state index contributed by atoms with van der Waals surface area (Å²) in [4.78, 5) is 0.117. The summed E-state index contributed by atoms with van der Waals surface area (Å²) >= 11 is 5.69. The topological polar surface area (TPSA) is 55.4 Å². The van der Waals surface area contributed by atoms with E-state index < -0.39 is 10.0 Å². The SMILES string of the molecule is COc1ccc(CCl)cc1S(=O)(=O)NC(C)C. The van der Waals surface area contributed by atoms with Crippen LogP contribution in [0.15, 0.2) is 23.1 Å². The molecule has 4 nitrogen and oxygen atoms in total. The Hall–Kier alpha value is -0.780. The maximum atomic E-state index is 12.1. The molecule has 0 bridgehead atoms. The van der Waals surface area contributed by atoms with Crippen molar-refractivity contribution in [2.45, 2.75) is 30.7 Å². The number of hydrogen-bond acceptors (Lipinski definition) is 3. The number of sulfonamides is 1. The largest absolute Gasteiger partial charge is 0.495 e. The molecule has 0 radical (unpaired) electrons. The summed E-state index contributed by atoms with van der Waals surface area (Å²) < 4.78 is 31.7. The van der Waals surface area contributed by atoms with Gasteiger partial charge in [0.05, 0.1) is 7.11 Å². The first-order chi connectivity index (χ1) is 7.90. The molecule has 6 heteroatoms. The number of halogens is 1. The van der Waals surface area contributed by atoms with Crippen LogP contribution in [0.1, 0.15) is 19.4 Å². The van der Waals surface area contributed by atoms with Crippen molar-refractivity contribution in [1.82, 2.24) is 4.72 Å². The maximum absolute atomic E-state index is 12.1. The zero-order valence-corrected chi connectivity index (χ0v) is 11.6. The molecule has 0 saturated carbocycles. The van der Waals surface area contributed by atoms with Crippen molar-refractivity contribution >= 4 is 21.6 Å². The molecular weight excluding hydrogens is 262 g/mol. The molecule has 1 rings (SSSR count). The normalized spacial score (nSPS) is 11.8. The minimum absolute atomic E-state index is 0.117. The van der Waals surface area contributed by atoms with Gasteiger partial charge in [-0.2, -0.15) is 0 Å². The quantitative estimate of drug-likeness (QED) is 0.839. The first-order valence-electron chi connectivity index (χ1n) is 5.16. The third-order valence-corrected chi connectivity index (χ3v) is 4.05. The molecule has 1 aromatic carbocycles. The molecule has 17 heavy (non-hydrogen) atoms. The third kappa shape index (κ3) is 3.59. The average Bonchev–Trinajstić information content (AvgIpc) is 2.26. The van der Waals surface area contributed by atoms with Crippen molar-refractivity contribution in [2.75, 3.05) is 7.11 Å². The van der Waals surface area contributed by atoms with Crippen LogP contribution in [0.4, 0.5) is 0 Å². The van der Waals surface area contributed by atoms with E-state index in [0.717, 1.165) is 5.56 Å². The van der Waals surface area contributed by atoms with Gasteiger partial charge in [-0.3, -0.25) is 0 Å². The van der Waals surface area contributed by atoms with Crippen LogP contribution in [0.3, 0.4) is 0 Å². The van der Waals surface area contributed by atoms with Gasteiger partial charge in [0.25, 0.3) is 0 Å². The Kier molecular flexibility index (Phi) is 4.80. The number of hydrogen-bond donors (Lipinski definition) is 1. The van der Waals surface area contributed by atoms with E-state index in [1.54, 1.807) is 26.0 Å². The highest BCUT2D eigenvalue weighted by Gasteiger charge is 2.20. The summed E-state index contributed by atoms with van der Waals surface area (Å²) in [5.41, 5.74) is 0.733. The molecule has 0 spiro atoms. The summed E-state index contributed by atoms with van der Waals surface area (Å²) in [5.74, 6) is 0.570. The number of rotatable bonds is 5. The van der Waals surface area contributed by atoms with Crippen molar-refractivity contribution in [1.29, 1.82) is 0 Å². The van der Waals surface area contributed by atoms with Crippen LogP contribution >= 0.6 is 11.6 Å².